The number of rotatable bonds is 13. The number of nitrogens with zero attached hydrogens (tertiary/aromatic N) is 3. The van der Waals surface area contributed by atoms with Gasteiger partial charge in [-0.3, -0.25) is 19.3 Å². The van der Waals surface area contributed by atoms with E-state index in [-0.39, 0.29) is 29.9 Å². The van der Waals surface area contributed by atoms with Gasteiger partial charge in [0.05, 0.1) is 37.8 Å². The Balaban J connectivity index is 1.62. The Labute approximate surface area is 227 Å². The van der Waals surface area contributed by atoms with Gasteiger partial charge >= 0.3 is 5.97 Å². The lowest BCUT2D eigenvalue weighted by atomic mass is 9.70. The number of halogens is 1. The second-order valence-corrected chi connectivity index (χ2v) is 11.4. The largest absolute Gasteiger partial charge is 0.466 e. The van der Waals surface area contributed by atoms with Crippen LogP contribution in [0.25, 0.3) is 0 Å². The summed E-state index contributed by atoms with van der Waals surface area (Å²) >= 11 is 3.68. The molecule has 6 atom stereocenters. The van der Waals surface area contributed by atoms with Crippen molar-refractivity contribution in [1.82, 2.24) is 14.7 Å². The van der Waals surface area contributed by atoms with Crippen LogP contribution in [0.4, 0.5) is 0 Å². The van der Waals surface area contributed by atoms with Crippen molar-refractivity contribution < 1.29 is 33.7 Å². The highest BCUT2D eigenvalue weighted by atomic mass is 79.9. The second-order valence-electron chi connectivity index (χ2n) is 10.3. The molecule has 10 nitrogen and oxygen atoms in total. The van der Waals surface area contributed by atoms with E-state index in [0.717, 1.165) is 19.5 Å². The van der Waals surface area contributed by atoms with Gasteiger partial charge < -0.3 is 29.1 Å². The number of aliphatic hydroxyl groups excluding tert-OH is 1. The van der Waals surface area contributed by atoms with Crippen molar-refractivity contribution in [3.05, 3.63) is 12.7 Å². The predicted molar refractivity (Wildman–Crippen MR) is 139 cm³/mol. The first-order chi connectivity index (χ1) is 17.9. The van der Waals surface area contributed by atoms with E-state index >= 15 is 0 Å². The first-order valence-corrected chi connectivity index (χ1v) is 14.4. The molecule has 4 aliphatic heterocycles. The SMILES string of the molecule is C=CCN(CCN1CCOCC1)C(=O)C1N(CCCCCO)C(=O)[C@@H]2[C@H](C(=O)OCC)[C@H]3OC12CC3Br. The maximum absolute atomic E-state index is 14.3. The molecule has 0 aromatic rings. The fraction of sp³-hybridized carbons (Fsp3) is 0.808. The normalized spacial score (nSPS) is 33.0. The van der Waals surface area contributed by atoms with Gasteiger partial charge in [0, 0.05) is 50.7 Å². The van der Waals surface area contributed by atoms with E-state index in [1.165, 1.54) is 0 Å². The van der Waals surface area contributed by atoms with E-state index in [1.54, 1.807) is 22.8 Å². The Hall–Kier alpha value is -1.53. The van der Waals surface area contributed by atoms with Gasteiger partial charge in [0.15, 0.2) is 0 Å². The first kappa shape index (κ1) is 28.5. The van der Waals surface area contributed by atoms with Crippen molar-refractivity contribution in [3.8, 4) is 0 Å². The lowest BCUT2D eigenvalue weighted by Gasteiger charge is -2.38. The van der Waals surface area contributed by atoms with Gasteiger partial charge in [-0.05, 0) is 32.6 Å². The number of morpholine rings is 1. The molecule has 0 aromatic carbocycles. The molecule has 2 bridgehead atoms. The molecule has 4 rings (SSSR count). The summed E-state index contributed by atoms with van der Waals surface area (Å²) < 4.78 is 17.3. The third-order valence-corrected chi connectivity index (χ3v) is 8.93. The number of alkyl halides is 1. The fourth-order valence-corrected chi connectivity index (χ4v) is 7.38. The molecule has 0 saturated carbocycles. The topological polar surface area (TPSA) is 109 Å². The predicted octanol–water partition coefficient (Wildman–Crippen LogP) is 0.807. The third-order valence-electron chi connectivity index (χ3n) is 8.09. The number of aliphatic hydroxyl groups is 1. The number of hydrogen-bond acceptors (Lipinski definition) is 8. The van der Waals surface area contributed by atoms with Crippen molar-refractivity contribution in [2.45, 2.75) is 55.2 Å². The molecular formula is C26H40BrN3O7. The highest BCUT2D eigenvalue weighted by Gasteiger charge is 2.77. The maximum Gasteiger partial charge on any atom is 0.312 e. The van der Waals surface area contributed by atoms with Crippen molar-refractivity contribution in [3.63, 3.8) is 0 Å². The lowest BCUT2D eigenvalue weighted by molar-refractivity contribution is -0.154. The smallest absolute Gasteiger partial charge is 0.312 e. The first-order valence-electron chi connectivity index (χ1n) is 13.5. The Kier molecular flexibility index (Phi) is 9.66. The van der Waals surface area contributed by atoms with Gasteiger partial charge in [-0.15, -0.1) is 6.58 Å². The van der Waals surface area contributed by atoms with E-state index in [2.05, 4.69) is 27.4 Å². The van der Waals surface area contributed by atoms with E-state index in [9.17, 15) is 19.5 Å². The summed E-state index contributed by atoms with van der Waals surface area (Å²) in [6.07, 6.45) is 3.68. The van der Waals surface area contributed by atoms with E-state index in [0.29, 0.717) is 58.7 Å². The van der Waals surface area contributed by atoms with Crippen LogP contribution in [0.1, 0.15) is 32.6 Å². The lowest BCUT2D eigenvalue weighted by Crippen LogP contribution is -2.57. The molecule has 4 fully saturated rings. The Morgan fingerprint density at radius 2 is 2.03 bits per heavy atom. The number of likely N-dealkylation sites (tertiary alicyclic amines) is 1. The molecule has 4 heterocycles. The van der Waals surface area contributed by atoms with Crippen molar-refractivity contribution in [2.75, 3.05) is 65.7 Å². The zero-order valence-corrected chi connectivity index (χ0v) is 23.3. The number of carbonyl (C=O) groups is 3. The molecular weight excluding hydrogens is 546 g/mol. The molecule has 0 aromatic heterocycles. The summed E-state index contributed by atoms with van der Waals surface area (Å²) in [6, 6.07) is -0.826. The minimum absolute atomic E-state index is 0.0819. The average molecular weight is 587 g/mol. The number of carbonyl (C=O) groups excluding carboxylic acids is 3. The van der Waals surface area contributed by atoms with Crippen LogP contribution in [0, 0.1) is 11.8 Å². The van der Waals surface area contributed by atoms with Crippen LogP contribution in [0.3, 0.4) is 0 Å². The number of fused-ring (bicyclic) bond motifs is 1. The quantitative estimate of drug-likeness (QED) is 0.146. The van der Waals surface area contributed by atoms with Crippen LogP contribution in [-0.2, 0) is 28.6 Å². The van der Waals surface area contributed by atoms with Gasteiger partial charge in [-0.25, -0.2) is 0 Å². The summed E-state index contributed by atoms with van der Waals surface area (Å²) in [5.74, 6) is -2.32. The van der Waals surface area contributed by atoms with Crippen LogP contribution < -0.4 is 0 Å². The van der Waals surface area contributed by atoms with Gasteiger partial charge in [0.2, 0.25) is 11.8 Å². The minimum atomic E-state index is -1.08. The standard InChI is InChI=1S/C26H40BrN3O7/c1-3-8-29(11-10-28-12-15-35-16-13-28)24(33)22-26-17-18(27)21(37-26)19(25(34)36-4-2)20(26)23(32)30(22)9-6-5-7-14-31/h3,18-22,31H,1,4-17H2,2H3/t18?,19-,20-,21-,22?,26?/m0/s1. The molecule has 4 saturated heterocycles. The summed E-state index contributed by atoms with van der Waals surface area (Å²) in [5.41, 5.74) is -1.08. The van der Waals surface area contributed by atoms with Crippen LogP contribution in [0.5, 0.6) is 0 Å². The zero-order chi connectivity index (χ0) is 26.6. The fourth-order valence-electron chi connectivity index (χ4n) is 6.44. The summed E-state index contributed by atoms with van der Waals surface area (Å²) in [7, 11) is 0. The van der Waals surface area contributed by atoms with Gasteiger partial charge in [-0.2, -0.15) is 0 Å². The minimum Gasteiger partial charge on any atom is -0.466 e. The third kappa shape index (κ3) is 5.48. The maximum atomic E-state index is 14.3. The van der Waals surface area contributed by atoms with Crippen LogP contribution in [0.2, 0.25) is 0 Å². The summed E-state index contributed by atoms with van der Waals surface area (Å²) in [5, 5.41) is 9.20. The number of ether oxygens (including phenoxy) is 3. The molecule has 37 heavy (non-hydrogen) atoms. The molecule has 1 spiro atoms. The summed E-state index contributed by atoms with van der Waals surface area (Å²) in [4.78, 5) is 46.7. The second kappa shape index (κ2) is 12.5. The highest BCUT2D eigenvalue weighted by molar-refractivity contribution is 9.09. The Morgan fingerprint density at radius 1 is 1.27 bits per heavy atom. The molecule has 0 radical (unpaired) electrons. The highest BCUT2D eigenvalue weighted by Crippen LogP contribution is 2.60. The molecule has 208 valence electrons. The van der Waals surface area contributed by atoms with E-state index in [1.807, 2.05) is 0 Å². The number of amides is 2. The Bertz CT molecular complexity index is 854. The van der Waals surface area contributed by atoms with Crippen LogP contribution in [-0.4, -0.2) is 126 Å². The number of unbranched alkanes of at least 4 members (excludes halogenated alkanes) is 2. The molecule has 11 heteroatoms. The van der Waals surface area contributed by atoms with Crippen LogP contribution >= 0.6 is 15.9 Å². The average Bonchev–Trinajstić information content (AvgIpc) is 3.48. The molecule has 2 amide bonds. The molecule has 3 unspecified atom stereocenters. The van der Waals surface area contributed by atoms with Crippen molar-refractivity contribution in [2.24, 2.45) is 11.8 Å². The molecule has 0 aliphatic carbocycles. The number of hydrogen-bond donors (Lipinski definition) is 1. The van der Waals surface area contributed by atoms with E-state index in [4.69, 9.17) is 14.2 Å². The van der Waals surface area contributed by atoms with Gasteiger partial charge in [-0.1, -0.05) is 22.0 Å². The van der Waals surface area contributed by atoms with Crippen LogP contribution in [0.15, 0.2) is 12.7 Å². The van der Waals surface area contributed by atoms with Gasteiger partial charge in [0.25, 0.3) is 0 Å². The van der Waals surface area contributed by atoms with Gasteiger partial charge in [0.1, 0.15) is 11.6 Å². The molecule has 4 aliphatic rings. The zero-order valence-electron chi connectivity index (χ0n) is 21.7. The monoisotopic (exact) mass is 585 g/mol. The number of esters is 1. The van der Waals surface area contributed by atoms with Crippen molar-refractivity contribution in [1.29, 1.82) is 0 Å². The Morgan fingerprint density at radius 3 is 2.70 bits per heavy atom. The molecule has 1 N–H and O–H groups in total. The summed E-state index contributed by atoms with van der Waals surface area (Å²) in [6.45, 7) is 10.8. The van der Waals surface area contributed by atoms with Crippen molar-refractivity contribution >= 4 is 33.7 Å². The van der Waals surface area contributed by atoms with E-state index < -0.39 is 35.6 Å².